The third kappa shape index (κ3) is 1.31. The number of aryl methyl sites for hydroxylation is 1. The third-order valence-electron chi connectivity index (χ3n) is 1.08. The Morgan fingerprint density at radius 3 is 2.80 bits per heavy atom. The Morgan fingerprint density at radius 2 is 2.30 bits per heavy atom. The van der Waals surface area contributed by atoms with Gasteiger partial charge in [0.25, 0.3) is 0 Å². The lowest BCUT2D eigenvalue weighted by molar-refractivity contribution is 0.111. The molecular formula is C7H7NO2. The molecule has 0 saturated carbocycles. The van der Waals surface area contributed by atoms with Crippen LogP contribution in [-0.2, 0) is 0 Å². The lowest BCUT2D eigenvalue weighted by atomic mass is 10.3. The molecule has 3 nitrogen and oxygen atoms in total. The third-order valence-corrected chi connectivity index (χ3v) is 1.08. The molecule has 0 unspecified atom stereocenters. The molecule has 0 aliphatic carbocycles. The molecule has 10 heavy (non-hydrogen) atoms. The van der Waals surface area contributed by atoms with Gasteiger partial charge in [0.15, 0.2) is 6.29 Å². The second-order valence-electron chi connectivity index (χ2n) is 2.01. The Labute approximate surface area is 58.3 Å². The van der Waals surface area contributed by atoms with Gasteiger partial charge in [0.05, 0.1) is 0 Å². The fourth-order valence-electron chi connectivity index (χ4n) is 0.736. The largest absolute Gasteiger partial charge is 0.508 e. The smallest absolute Gasteiger partial charge is 0.168 e. The van der Waals surface area contributed by atoms with Gasteiger partial charge in [-0.3, -0.25) is 9.78 Å². The normalized spacial score (nSPS) is 9.30. The van der Waals surface area contributed by atoms with Crippen LogP contribution in [0.4, 0.5) is 0 Å². The van der Waals surface area contributed by atoms with Crippen molar-refractivity contribution in [3.05, 3.63) is 23.5 Å². The molecule has 0 radical (unpaired) electrons. The average Bonchev–Trinajstić information content (AvgIpc) is 1.85. The minimum Gasteiger partial charge on any atom is -0.508 e. The van der Waals surface area contributed by atoms with Gasteiger partial charge >= 0.3 is 0 Å². The van der Waals surface area contributed by atoms with Crippen molar-refractivity contribution in [1.29, 1.82) is 0 Å². The highest BCUT2D eigenvalue weighted by molar-refractivity contribution is 5.72. The van der Waals surface area contributed by atoms with E-state index in [-0.39, 0.29) is 11.4 Å². The number of carbonyl (C=O) groups is 1. The van der Waals surface area contributed by atoms with Gasteiger partial charge in [-0.2, -0.15) is 0 Å². The highest BCUT2D eigenvalue weighted by Crippen LogP contribution is 2.09. The minimum atomic E-state index is 0.0783. The van der Waals surface area contributed by atoms with Crippen LogP contribution >= 0.6 is 0 Å². The summed E-state index contributed by atoms with van der Waals surface area (Å²) in [5, 5.41) is 8.93. The monoisotopic (exact) mass is 137 g/mol. The van der Waals surface area contributed by atoms with E-state index in [9.17, 15) is 4.79 Å². The quantitative estimate of drug-likeness (QED) is 0.585. The Hall–Kier alpha value is -1.38. The summed E-state index contributed by atoms with van der Waals surface area (Å²) in [6.45, 7) is 1.72. The predicted octanol–water partition coefficient (Wildman–Crippen LogP) is 0.908. The first-order valence-electron chi connectivity index (χ1n) is 2.85. The molecule has 0 fully saturated rings. The molecule has 0 aromatic carbocycles. The average molecular weight is 137 g/mol. The molecule has 0 aliphatic heterocycles. The van der Waals surface area contributed by atoms with Crippen LogP contribution in [0.3, 0.4) is 0 Å². The van der Waals surface area contributed by atoms with Crippen LogP contribution in [0, 0.1) is 6.92 Å². The summed E-state index contributed by atoms with van der Waals surface area (Å²) < 4.78 is 0. The molecule has 1 rings (SSSR count). The Bertz CT molecular complexity index is 238. The van der Waals surface area contributed by atoms with E-state index in [2.05, 4.69) is 4.98 Å². The topological polar surface area (TPSA) is 50.2 Å². The number of hydrogen-bond donors (Lipinski definition) is 1. The van der Waals surface area contributed by atoms with Crippen molar-refractivity contribution in [3.8, 4) is 5.75 Å². The predicted molar refractivity (Wildman–Crippen MR) is 36.0 cm³/mol. The number of rotatable bonds is 1. The number of pyridine rings is 1. The molecule has 0 bridgehead atoms. The van der Waals surface area contributed by atoms with E-state index in [1.54, 1.807) is 6.92 Å². The summed E-state index contributed by atoms with van der Waals surface area (Å²) in [4.78, 5) is 14.0. The van der Waals surface area contributed by atoms with Gasteiger partial charge in [-0.05, 0) is 6.92 Å². The highest BCUT2D eigenvalue weighted by Gasteiger charge is 1.95. The Morgan fingerprint density at radius 1 is 1.60 bits per heavy atom. The summed E-state index contributed by atoms with van der Waals surface area (Å²) in [5.74, 6) is 0.0783. The first-order valence-corrected chi connectivity index (χ1v) is 2.85. The van der Waals surface area contributed by atoms with Crippen molar-refractivity contribution in [2.75, 3.05) is 0 Å². The van der Waals surface area contributed by atoms with Crippen molar-refractivity contribution < 1.29 is 9.90 Å². The summed E-state index contributed by atoms with van der Waals surface area (Å²) in [6.07, 6.45) is 0.604. The van der Waals surface area contributed by atoms with E-state index in [0.29, 0.717) is 12.0 Å². The number of aromatic nitrogens is 1. The maximum atomic E-state index is 10.1. The number of aldehydes is 1. The molecule has 52 valence electrons. The van der Waals surface area contributed by atoms with Gasteiger partial charge in [-0.1, -0.05) is 0 Å². The molecular weight excluding hydrogens is 130 g/mol. The van der Waals surface area contributed by atoms with E-state index in [1.807, 2.05) is 0 Å². The first-order chi connectivity index (χ1) is 4.72. The van der Waals surface area contributed by atoms with E-state index in [0.717, 1.165) is 0 Å². The van der Waals surface area contributed by atoms with Crippen LogP contribution in [-0.4, -0.2) is 16.4 Å². The van der Waals surface area contributed by atoms with Gasteiger partial charge in [0, 0.05) is 17.8 Å². The van der Waals surface area contributed by atoms with Crippen LogP contribution < -0.4 is 0 Å². The van der Waals surface area contributed by atoms with E-state index >= 15 is 0 Å². The molecule has 1 N–H and O–H groups in total. The molecule has 0 amide bonds. The van der Waals surface area contributed by atoms with Gasteiger partial charge in [-0.15, -0.1) is 0 Å². The lowest BCUT2D eigenvalue weighted by Gasteiger charge is -1.94. The standard InChI is InChI=1S/C7H7NO2/c1-5-2-7(10)3-6(4-9)8-5/h2-4H,1H3,(H,8,10). The zero-order chi connectivity index (χ0) is 7.56. The van der Waals surface area contributed by atoms with Crippen LogP contribution in [0.1, 0.15) is 16.2 Å². The Balaban J connectivity index is 3.18. The van der Waals surface area contributed by atoms with Crippen molar-refractivity contribution in [2.45, 2.75) is 6.92 Å². The Kier molecular flexibility index (Phi) is 1.67. The molecule has 3 heteroatoms. The maximum absolute atomic E-state index is 10.1. The van der Waals surface area contributed by atoms with Gasteiger partial charge < -0.3 is 5.11 Å². The number of nitrogens with zero attached hydrogens (tertiary/aromatic N) is 1. The molecule has 1 aromatic heterocycles. The molecule has 0 saturated heterocycles. The second kappa shape index (κ2) is 2.47. The summed E-state index contributed by atoms with van der Waals surface area (Å²) >= 11 is 0. The number of aromatic hydroxyl groups is 1. The first kappa shape index (κ1) is 6.74. The summed E-state index contributed by atoms with van der Waals surface area (Å²) in [6, 6.07) is 2.81. The molecule has 0 aliphatic rings. The highest BCUT2D eigenvalue weighted by atomic mass is 16.3. The van der Waals surface area contributed by atoms with Gasteiger partial charge in [0.1, 0.15) is 11.4 Å². The molecule has 0 atom stereocenters. The molecule has 0 spiro atoms. The maximum Gasteiger partial charge on any atom is 0.168 e. The zero-order valence-electron chi connectivity index (χ0n) is 5.53. The molecule has 1 aromatic rings. The van der Waals surface area contributed by atoms with Crippen LogP contribution in [0.5, 0.6) is 5.75 Å². The van der Waals surface area contributed by atoms with Crippen molar-refractivity contribution in [2.24, 2.45) is 0 Å². The van der Waals surface area contributed by atoms with Crippen molar-refractivity contribution in [1.82, 2.24) is 4.98 Å². The lowest BCUT2D eigenvalue weighted by Crippen LogP contribution is -1.88. The second-order valence-corrected chi connectivity index (χ2v) is 2.01. The van der Waals surface area contributed by atoms with Crippen LogP contribution in [0.15, 0.2) is 12.1 Å². The van der Waals surface area contributed by atoms with E-state index < -0.39 is 0 Å². The number of hydrogen-bond acceptors (Lipinski definition) is 3. The van der Waals surface area contributed by atoms with Gasteiger partial charge in [-0.25, -0.2) is 0 Å². The minimum absolute atomic E-state index is 0.0783. The fraction of sp³-hybridized carbons (Fsp3) is 0.143. The van der Waals surface area contributed by atoms with Crippen molar-refractivity contribution in [3.63, 3.8) is 0 Å². The fourth-order valence-corrected chi connectivity index (χ4v) is 0.736. The van der Waals surface area contributed by atoms with Crippen molar-refractivity contribution >= 4 is 6.29 Å². The SMILES string of the molecule is Cc1cc(O)cc(C=O)n1. The van der Waals surface area contributed by atoms with Crippen LogP contribution in [0.25, 0.3) is 0 Å². The zero-order valence-corrected chi connectivity index (χ0v) is 5.53. The van der Waals surface area contributed by atoms with E-state index in [4.69, 9.17) is 5.11 Å². The van der Waals surface area contributed by atoms with Gasteiger partial charge in [0.2, 0.25) is 0 Å². The summed E-state index contributed by atoms with van der Waals surface area (Å²) in [5.41, 5.74) is 0.902. The van der Waals surface area contributed by atoms with Crippen LogP contribution in [0.2, 0.25) is 0 Å². The van der Waals surface area contributed by atoms with E-state index in [1.165, 1.54) is 12.1 Å². The number of carbonyl (C=O) groups excluding carboxylic acids is 1. The molecule has 1 heterocycles. The summed E-state index contributed by atoms with van der Waals surface area (Å²) in [7, 11) is 0.